The van der Waals surface area contributed by atoms with Crippen molar-refractivity contribution in [2.45, 2.75) is 19.3 Å². The Kier molecular flexibility index (Phi) is 2.82. The molecule has 1 saturated carbocycles. The molecule has 0 heterocycles. The molecule has 0 amide bonds. The molecule has 54 valence electrons. The van der Waals surface area contributed by atoms with Gasteiger partial charge in [-0.15, -0.1) is 0 Å². The quantitative estimate of drug-likeness (QED) is 0.320. The van der Waals surface area contributed by atoms with Gasteiger partial charge in [0.05, 0.1) is 0 Å². The summed E-state index contributed by atoms with van der Waals surface area (Å²) < 4.78 is 0. The minimum absolute atomic E-state index is 0.878. The molecule has 0 spiro atoms. The lowest BCUT2D eigenvalue weighted by Gasteiger charge is -1.79. The van der Waals surface area contributed by atoms with Crippen LogP contribution in [0.25, 0.3) is 0 Å². The van der Waals surface area contributed by atoms with Gasteiger partial charge in [-0.05, 0) is 18.8 Å². The fraction of sp³-hybridized carbons (Fsp3) is 0.625. The molecule has 1 rings (SSSR count). The van der Waals surface area contributed by atoms with E-state index in [-0.39, 0.29) is 0 Å². The standard InChI is InChI=1S/C8H11NO/c1-10-9-7-3-2-4-8-5-6-8/h7-8H,4-6H2,1H3. The van der Waals surface area contributed by atoms with Gasteiger partial charge in [-0.1, -0.05) is 17.0 Å². The fourth-order valence-corrected chi connectivity index (χ4v) is 0.650. The van der Waals surface area contributed by atoms with Crippen LogP contribution in [0.15, 0.2) is 5.16 Å². The fourth-order valence-electron chi connectivity index (χ4n) is 0.650. The Morgan fingerprint density at radius 1 is 1.70 bits per heavy atom. The summed E-state index contributed by atoms with van der Waals surface area (Å²) in [6.07, 6.45) is 5.23. The first kappa shape index (κ1) is 7.14. The molecule has 0 aromatic heterocycles. The Hall–Kier alpha value is -0.970. The average molecular weight is 137 g/mol. The van der Waals surface area contributed by atoms with Crippen LogP contribution in [0.5, 0.6) is 0 Å². The zero-order chi connectivity index (χ0) is 7.23. The van der Waals surface area contributed by atoms with E-state index < -0.39 is 0 Å². The molecule has 0 aliphatic heterocycles. The second-order valence-electron chi connectivity index (χ2n) is 2.39. The van der Waals surface area contributed by atoms with E-state index in [9.17, 15) is 0 Å². The van der Waals surface area contributed by atoms with Gasteiger partial charge in [-0.3, -0.25) is 0 Å². The largest absolute Gasteiger partial charge is 0.399 e. The van der Waals surface area contributed by atoms with Crippen molar-refractivity contribution in [1.82, 2.24) is 0 Å². The van der Waals surface area contributed by atoms with Gasteiger partial charge in [0.2, 0.25) is 0 Å². The lowest BCUT2D eigenvalue weighted by molar-refractivity contribution is 0.216. The van der Waals surface area contributed by atoms with E-state index in [0.29, 0.717) is 0 Å². The normalized spacial score (nSPS) is 16.5. The number of oxime groups is 1. The third-order valence-electron chi connectivity index (χ3n) is 1.41. The van der Waals surface area contributed by atoms with Crippen molar-refractivity contribution in [2.75, 3.05) is 7.11 Å². The van der Waals surface area contributed by atoms with Gasteiger partial charge in [0.25, 0.3) is 0 Å². The molecule has 0 saturated heterocycles. The summed E-state index contributed by atoms with van der Waals surface area (Å²) in [5.41, 5.74) is 0. The molecule has 0 aromatic carbocycles. The van der Waals surface area contributed by atoms with Crippen molar-refractivity contribution < 1.29 is 4.84 Å². The highest BCUT2D eigenvalue weighted by Crippen LogP contribution is 2.31. The van der Waals surface area contributed by atoms with Crippen molar-refractivity contribution in [2.24, 2.45) is 11.1 Å². The van der Waals surface area contributed by atoms with E-state index in [0.717, 1.165) is 12.3 Å². The molecule has 1 fully saturated rings. The lowest BCUT2D eigenvalue weighted by atomic mass is 10.3. The van der Waals surface area contributed by atoms with Crippen molar-refractivity contribution >= 4 is 6.21 Å². The summed E-state index contributed by atoms with van der Waals surface area (Å²) in [5.74, 6) is 6.67. The van der Waals surface area contributed by atoms with E-state index in [1.165, 1.54) is 26.2 Å². The number of hydrogen-bond donors (Lipinski definition) is 0. The molecule has 0 atom stereocenters. The topological polar surface area (TPSA) is 21.6 Å². The third-order valence-corrected chi connectivity index (χ3v) is 1.41. The highest BCUT2D eigenvalue weighted by atomic mass is 16.6. The molecule has 0 radical (unpaired) electrons. The molecule has 10 heavy (non-hydrogen) atoms. The van der Waals surface area contributed by atoms with E-state index in [1.807, 2.05) is 0 Å². The SMILES string of the molecule is CON=CC#CCC1CC1. The predicted molar refractivity (Wildman–Crippen MR) is 40.6 cm³/mol. The highest BCUT2D eigenvalue weighted by molar-refractivity contribution is 5.77. The Labute approximate surface area is 61.3 Å². The van der Waals surface area contributed by atoms with Crippen LogP contribution in [0.4, 0.5) is 0 Å². The maximum atomic E-state index is 4.43. The predicted octanol–water partition coefficient (Wildman–Crippen LogP) is 1.42. The van der Waals surface area contributed by atoms with Gasteiger partial charge in [-0.25, -0.2) is 0 Å². The molecule has 2 heteroatoms. The van der Waals surface area contributed by atoms with E-state index in [4.69, 9.17) is 0 Å². The van der Waals surface area contributed by atoms with Crippen LogP contribution in [-0.2, 0) is 4.84 Å². The van der Waals surface area contributed by atoms with E-state index in [1.54, 1.807) is 0 Å². The first-order chi connectivity index (χ1) is 4.93. The van der Waals surface area contributed by atoms with Gasteiger partial charge >= 0.3 is 0 Å². The van der Waals surface area contributed by atoms with Crippen molar-refractivity contribution in [3.8, 4) is 11.8 Å². The summed E-state index contributed by atoms with van der Waals surface area (Å²) in [4.78, 5) is 4.43. The van der Waals surface area contributed by atoms with Crippen LogP contribution in [-0.4, -0.2) is 13.3 Å². The second kappa shape index (κ2) is 3.94. The van der Waals surface area contributed by atoms with Crippen molar-refractivity contribution in [1.29, 1.82) is 0 Å². The summed E-state index contributed by atoms with van der Waals surface area (Å²) >= 11 is 0. The molecule has 2 nitrogen and oxygen atoms in total. The first-order valence-corrected chi connectivity index (χ1v) is 3.47. The molecule has 0 bridgehead atoms. The maximum absolute atomic E-state index is 4.43. The zero-order valence-electron chi connectivity index (χ0n) is 6.13. The number of nitrogens with zero attached hydrogens (tertiary/aromatic N) is 1. The van der Waals surface area contributed by atoms with Crippen LogP contribution in [0.2, 0.25) is 0 Å². The maximum Gasteiger partial charge on any atom is 0.116 e. The monoisotopic (exact) mass is 137 g/mol. The summed E-state index contributed by atoms with van der Waals surface area (Å²) in [6, 6.07) is 0. The van der Waals surface area contributed by atoms with Crippen LogP contribution in [0.3, 0.4) is 0 Å². The number of hydrogen-bond acceptors (Lipinski definition) is 2. The summed E-state index contributed by atoms with van der Waals surface area (Å²) in [7, 11) is 1.51. The van der Waals surface area contributed by atoms with Gasteiger partial charge in [0.15, 0.2) is 0 Å². The Balaban J connectivity index is 2.05. The van der Waals surface area contributed by atoms with Crippen LogP contribution < -0.4 is 0 Å². The summed E-state index contributed by atoms with van der Waals surface area (Å²) in [6.45, 7) is 0. The van der Waals surface area contributed by atoms with E-state index >= 15 is 0 Å². The van der Waals surface area contributed by atoms with Gasteiger partial charge in [0, 0.05) is 6.42 Å². The van der Waals surface area contributed by atoms with Crippen LogP contribution in [0.1, 0.15) is 19.3 Å². The van der Waals surface area contributed by atoms with Crippen LogP contribution in [0, 0.1) is 17.8 Å². The zero-order valence-corrected chi connectivity index (χ0v) is 6.13. The molecule has 0 N–H and O–H groups in total. The Morgan fingerprint density at radius 2 is 2.50 bits per heavy atom. The highest BCUT2D eigenvalue weighted by Gasteiger charge is 2.19. The molecule has 1 aliphatic rings. The van der Waals surface area contributed by atoms with Crippen LogP contribution >= 0.6 is 0 Å². The molecular formula is C8H11NO. The smallest absolute Gasteiger partial charge is 0.116 e. The lowest BCUT2D eigenvalue weighted by Crippen LogP contribution is -1.72. The third kappa shape index (κ3) is 3.13. The average Bonchev–Trinajstić information content (AvgIpc) is 2.71. The molecule has 0 unspecified atom stereocenters. The minimum atomic E-state index is 0.878. The van der Waals surface area contributed by atoms with Gasteiger partial charge in [-0.2, -0.15) is 0 Å². The van der Waals surface area contributed by atoms with Gasteiger partial charge < -0.3 is 4.84 Å². The number of rotatable bonds is 2. The second-order valence-corrected chi connectivity index (χ2v) is 2.39. The molecular weight excluding hydrogens is 126 g/mol. The van der Waals surface area contributed by atoms with Crippen molar-refractivity contribution in [3.05, 3.63) is 0 Å². The molecule has 0 aromatic rings. The summed E-state index contributed by atoms with van der Waals surface area (Å²) in [5, 5.41) is 3.49. The Bertz CT molecular complexity index is 171. The van der Waals surface area contributed by atoms with Crippen molar-refractivity contribution in [3.63, 3.8) is 0 Å². The molecule has 1 aliphatic carbocycles. The van der Waals surface area contributed by atoms with Gasteiger partial charge in [0.1, 0.15) is 13.3 Å². The minimum Gasteiger partial charge on any atom is -0.399 e. The Morgan fingerprint density at radius 3 is 3.10 bits per heavy atom. The van der Waals surface area contributed by atoms with E-state index in [2.05, 4.69) is 21.8 Å². The first-order valence-electron chi connectivity index (χ1n) is 3.47.